The molecule has 1 aliphatic carbocycles. The van der Waals surface area contributed by atoms with Gasteiger partial charge in [-0.3, -0.25) is 9.69 Å². The lowest BCUT2D eigenvalue weighted by Gasteiger charge is -2.32. The molecule has 2 aliphatic rings. The molecule has 8 nitrogen and oxygen atoms in total. The molecule has 1 aliphatic heterocycles. The Morgan fingerprint density at radius 2 is 1.82 bits per heavy atom. The molecule has 34 heavy (non-hydrogen) atoms. The zero-order chi connectivity index (χ0) is 24.1. The van der Waals surface area contributed by atoms with Gasteiger partial charge in [0, 0.05) is 35.6 Å². The maximum atomic E-state index is 13.4. The number of aromatic amines is 1. The minimum absolute atomic E-state index is 0.0679. The summed E-state index contributed by atoms with van der Waals surface area (Å²) in [5.41, 5.74) is 1.06. The van der Waals surface area contributed by atoms with Gasteiger partial charge in [-0.2, -0.15) is 0 Å². The third-order valence-corrected chi connectivity index (χ3v) is 7.34. The molecule has 186 valence electrons. The van der Waals surface area contributed by atoms with E-state index in [1.54, 1.807) is 20.3 Å². The Morgan fingerprint density at radius 1 is 1.09 bits per heavy atom. The van der Waals surface area contributed by atoms with Crippen LogP contribution in [0.1, 0.15) is 57.4 Å². The highest BCUT2D eigenvalue weighted by Gasteiger charge is 2.29. The minimum atomic E-state index is -0.186. The van der Waals surface area contributed by atoms with Gasteiger partial charge >= 0.3 is 6.03 Å². The van der Waals surface area contributed by atoms with Gasteiger partial charge in [0.2, 0.25) is 0 Å². The second kappa shape index (κ2) is 11.1. The third kappa shape index (κ3) is 5.49. The number of methoxy groups -OCH3 is 2. The lowest BCUT2D eigenvalue weighted by atomic mass is 9.96. The first kappa shape index (κ1) is 24.4. The second-order valence-electron chi connectivity index (χ2n) is 9.51. The molecule has 2 amide bonds. The number of pyridine rings is 1. The molecule has 2 aromatic rings. The van der Waals surface area contributed by atoms with E-state index in [0.29, 0.717) is 35.2 Å². The van der Waals surface area contributed by atoms with E-state index < -0.39 is 0 Å². The topological polar surface area (TPSA) is 86.9 Å². The molecule has 1 aromatic carbocycles. The number of carbonyl (C=O) groups excluding carboxylic acids is 1. The predicted octanol–water partition coefficient (Wildman–Crippen LogP) is 3.87. The number of likely N-dealkylation sites (tertiary alicyclic amines) is 1. The van der Waals surface area contributed by atoms with Crippen LogP contribution in [0.5, 0.6) is 11.5 Å². The van der Waals surface area contributed by atoms with Crippen molar-refractivity contribution in [1.29, 1.82) is 0 Å². The molecule has 1 saturated carbocycles. The van der Waals surface area contributed by atoms with Gasteiger partial charge in [0.25, 0.3) is 5.56 Å². The largest absolute Gasteiger partial charge is 0.493 e. The van der Waals surface area contributed by atoms with Crippen LogP contribution in [0.4, 0.5) is 4.79 Å². The lowest BCUT2D eigenvalue weighted by molar-refractivity contribution is 0.159. The summed E-state index contributed by atoms with van der Waals surface area (Å²) in [6, 6.07) is 5.97. The van der Waals surface area contributed by atoms with Gasteiger partial charge in [0.05, 0.1) is 26.3 Å². The highest BCUT2D eigenvalue weighted by molar-refractivity contribution is 5.83. The van der Waals surface area contributed by atoms with Crippen molar-refractivity contribution in [1.82, 2.24) is 20.1 Å². The summed E-state index contributed by atoms with van der Waals surface area (Å²) in [6.45, 7) is 5.10. The van der Waals surface area contributed by atoms with Crippen molar-refractivity contribution >= 4 is 16.9 Å². The summed E-state index contributed by atoms with van der Waals surface area (Å²) in [4.78, 5) is 33.6. The number of aromatic nitrogens is 1. The fourth-order valence-corrected chi connectivity index (χ4v) is 5.41. The number of fused-ring (bicyclic) bond motifs is 1. The number of urea groups is 1. The van der Waals surface area contributed by atoms with Crippen molar-refractivity contribution in [3.05, 3.63) is 34.1 Å². The van der Waals surface area contributed by atoms with Gasteiger partial charge in [0.1, 0.15) is 0 Å². The number of amides is 2. The van der Waals surface area contributed by atoms with Crippen LogP contribution in [0, 0.1) is 0 Å². The fraction of sp³-hybridized carbons (Fsp3) is 0.615. The van der Waals surface area contributed by atoms with Crippen LogP contribution in [0.25, 0.3) is 10.9 Å². The summed E-state index contributed by atoms with van der Waals surface area (Å²) >= 11 is 0. The van der Waals surface area contributed by atoms with E-state index in [9.17, 15) is 9.59 Å². The molecule has 0 bridgehead atoms. The highest BCUT2D eigenvalue weighted by atomic mass is 16.5. The summed E-state index contributed by atoms with van der Waals surface area (Å²) < 4.78 is 10.8. The first-order chi connectivity index (χ1) is 16.5. The van der Waals surface area contributed by atoms with Crippen LogP contribution in [0.15, 0.2) is 23.0 Å². The van der Waals surface area contributed by atoms with Crippen molar-refractivity contribution in [2.24, 2.45) is 0 Å². The Hall–Kier alpha value is -2.74. The molecule has 4 rings (SSSR count). The minimum Gasteiger partial charge on any atom is -0.493 e. The number of benzene rings is 1. The molecule has 8 heteroatoms. The highest BCUT2D eigenvalue weighted by Crippen LogP contribution is 2.31. The maximum absolute atomic E-state index is 13.4. The van der Waals surface area contributed by atoms with Crippen molar-refractivity contribution < 1.29 is 14.3 Å². The van der Waals surface area contributed by atoms with E-state index in [1.807, 2.05) is 17.0 Å². The molecule has 1 aromatic heterocycles. The average Bonchev–Trinajstić information content (AvgIpc) is 3.31. The van der Waals surface area contributed by atoms with Crippen LogP contribution in [0.3, 0.4) is 0 Å². The number of H-pyrrole nitrogens is 1. The van der Waals surface area contributed by atoms with E-state index in [1.165, 1.54) is 6.42 Å². The number of hydrogen-bond acceptors (Lipinski definition) is 5. The van der Waals surface area contributed by atoms with E-state index >= 15 is 0 Å². The molecule has 0 radical (unpaired) electrons. The number of ether oxygens (including phenoxy) is 2. The molecule has 2 heterocycles. The van der Waals surface area contributed by atoms with E-state index in [-0.39, 0.29) is 24.2 Å². The molecule has 1 atom stereocenters. The first-order valence-corrected chi connectivity index (χ1v) is 12.6. The summed E-state index contributed by atoms with van der Waals surface area (Å²) in [6.07, 6.45) is 7.84. The standard InChI is InChI=1S/C26H38N4O4/c1-4-29-12-8-11-21(29)17-30(26(32)27-20-9-6-5-7-10-20)16-19-13-18-14-23(33-2)24(34-3)15-22(18)28-25(19)31/h13-15,20-21H,4-12,16-17H2,1-3H3,(H,27,32)(H,28,31). The third-order valence-electron chi connectivity index (χ3n) is 7.34. The van der Waals surface area contributed by atoms with Crippen molar-refractivity contribution in [2.75, 3.05) is 33.9 Å². The van der Waals surface area contributed by atoms with Crippen LogP contribution >= 0.6 is 0 Å². The summed E-state index contributed by atoms with van der Waals surface area (Å²) in [5, 5.41) is 4.10. The van der Waals surface area contributed by atoms with Crippen molar-refractivity contribution in [3.8, 4) is 11.5 Å². The Morgan fingerprint density at radius 3 is 2.53 bits per heavy atom. The van der Waals surface area contributed by atoms with Crippen molar-refractivity contribution in [3.63, 3.8) is 0 Å². The number of nitrogens with zero attached hydrogens (tertiary/aromatic N) is 2. The van der Waals surface area contributed by atoms with E-state index in [2.05, 4.69) is 22.1 Å². The van der Waals surface area contributed by atoms with Crippen molar-refractivity contribution in [2.45, 2.75) is 70.5 Å². The van der Waals surface area contributed by atoms with Gasteiger partial charge in [-0.1, -0.05) is 26.2 Å². The predicted molar refractivity (Wildman–Crippen MR) is 134 cm³/mol. The summed E-state index contributed by atoms with van der Waals surface area (Å²) in [5.74, 6) is 1.16. The Kier molecular flexibility index (Phi) is 7.98. The number of carbonyl (C=O) groups is 1. The number of rotatable bonds is 8. The smallest absolute Gasteiger partial charge is 0.317 e. The fourth-order valence-electron chi connectivity index (χ4n) is 5.41. The molecular weight excluding hydrogens is 432 g/mol. The van der Waals surface area contributed by atoms with Crippen LogP contribution in [-0.2, 0) is 6.54 Å². The quantitative estimate of drug-likeness (QED) is 0.612. The van der Waals surface area contributed by atoms with Crippen LogP contribution in [0.2, 0.25) is 0 Å². The van der Waals surface area contributed by atoms with Crippen LogP contribution in [-0.4, -0.2) is 66.8 Å². The maximum Gasteiger partial charge on any atom is 0.317 e. The SMILES string of the molecule is CCN1CCCC1CN(Cc1cc2cc(OC)c(OC)cc2[nH]c1=O)C(=O)NC1CCCCC1. The molecule has 2 fully saturated rings. The molecule has 1 saturated heterocycles. The Labute approximate surface area is 201 Å². The van der Waals surface area contributed by atoms with Gasteiger partial charge < -0.3 is 24.7 Å². The molecule has 0 spiro atoms. The van der Waals surface area contributed by atoms with Gasteiger partial charge in [-0.15, -0.1) is 0 Å². The second-order valence-corrected chi connectivity index (χ2v) is 9.51. The Bertz CT molecular complexity index is 1050. The zero-order valence-corrected chi connectivity index (χ0v) is 20.7. The number of hydrogen-bond donors (Lipinski definition) is 2. The molecule has 1 unspecified atom stereocenters. The average molecular weight is 471 g/mol. The first-order valence-electron chi connectivity index (χ1n) is 12.6. The van der Waals surface area contributed by atoms with E-state index in [4.69, 9.17) is 9.47 Å². The lowest BCUT2D eigenvalue weighted by Crippen LogP contribution is -2.50. The van der Waals surface area contributed by atoms with Gasteiger partial charge in [-0.05, 0) is 50.9 Å². The van der Waals surface area contributed by atoms with Gasteiger partial charge in [0.15, 0.2) is 11.5 Å². The zero-order valence-electron chi connectivity index (χ0n) is 20.7. The molecular formula is C26H38N4O4. The number of likely N-dealkylation sites (N-methyl/N-ethyl adjacent to an activating group) is 1. The summed E-state index contributed by atoms with van der Waals surface area (Å²) in [7, 11) is 3.16. The Balaban J connectivity index is 1.60. The number of nitrogens with one attached hydrogen (secondary N) is 2. The van der Waals surface area contributed by atoms with Gasteiger partial charge in [-0.25, -0.2) is 4.79 Å². The monoisotopic (exact) mass is 470 g/mol. The van der Waals surface area contributed by atoms with Crippen LogP contribution < -0.4 is 20.3 Å². The molecule has 2 N–H and O–H groups in total. The van der Waals surface area contributed by atoms with E-state index in [0.717, 1.165) is 57.0 Å². The normalized spacial score (nSPS) is 19.3.